The molecule has 0 atom stereocenters. The van der Waals surface area contributed by atoms with Crippen molar-refractivity contribution in [3.05, 3.63) is 20.9 Å². The predicted molar refractivity (Wildman–Crippen MR) is 24.0 cm³/mol. The van der Waals surface area contributed by atoms with Crippen molar-refractivity contribution in [2.75, 3.05) is 0 Å². The molecule has 0 saturated carbocycles. The van der Waals surface area contributed by atoms with Gasteiger partial charge in [0, 0.05) is 0 Å². The van der Waals surface area contributed by atoms with E-state index in [0.29, 0.717) is 0 Å². The van der Waals surface area contributed by atoms with E-state index in [1.54, 1.807) is 0 Å². The van der Waals surface area contributed by atoms with E-state index in [2.05, 4.69) is 17.9 Å². The molecule has 0 aromatic rings. The fourth-order valence-corrected chi connectivity index (χ4v) is 0.279. The Labute approximate surface area is 45.9 Å². The van der Waals surface area contributed by atoms with E-state index in [9.17, 15) is 0 Å². The van der Waals surface area contributed by atoms with Gasteiger partial charge >= 0.3 is 45.2 Å². The summed E-state index contributed by atoms with van der Waals surface area (Å²) in [5, 5.41) is 0. The Hall–Kier alpha value is -0.822. The van der Waals surface area contributed by atoms with Crippen LogP contribution in [-0.4, -0.2) is 16.2 Å². The van der Waals surface area contributed by atoms with Crippen molar-refractivity contribution in [2.24, 2.45) is 8.06 Å². The summed E-state index contributed by atoms with van der Waals surface area (Å²) >= 11 is -0.839. The quantitative estimate of drug-likeness (QED) is 0.250. The van der Waals surface area contributed by atoms with Crippen LogP contribution in [0.5, 0.6) is 0 Å². The van der Waals surface area contributed by atoms with Crippen LogP contribution < -0.4 is 0 Å². The van der Waals surface area contributed by atoms with Crippen molar-refractivity contribution in [1.29, 1.82) is 0 Å². The van der Waals surface area contributed by atoms with Gasteiger partial charge in [-0.05, 0) is 0 Å². The summed E-state index contributed by atoms with van der Waals surface area (Å²) in [5.41, 5.74) is 15.2. The van der Waals surface area contributed by atoms with Crippen LogP contribution >= 0.6 is 0 Å². The van der Waals surface area contributed by atoms with Gasteiger partial charge in [0.25, 0.3) is 0 Å². The van der Waals surface area contributed by atoms with Gasteiger partial charge in [-0.2, -0.15) is 0 Å². The predicted octanol–water partition coefficient (Wildman–Crippen LogP) is 1.14. The molecule has 7 heavy (non-hydrogen) atoms. The average Bonchev–Trinajstić information content (AvgIpc) is 1.69. The summed E-state index contributed by atoms with van der Waals surface area (Å²) in [4.78, 5) is 4.75. The molecule has 1 radical (unpaired) electrons. The number of rotatable bonds is 2. The Balaban J connectivity index is 3.33. The summed E-state index contributed by atoms with van der Waals surface area (Å²) in [5.74, 6) is 0. The van der Waals surface area contributed by atoms with Gasteiger partial charge in [-0.15, -0.1) is 0 Å². The number of azide groups is 1. The fourth-order valence-electron chi connectivity index (χ4n) is 0.0537. The van der Waals surface area contributed by atoms with Crippen molar-refractivity contribution in [3.63, 3.8) is 0 Å². The monoisotopic (exact) mass is 159 g/mol. The van der Waals surface area contributed by atoms with Crippen molar-refractivity contribution in [2.45, 2.75) is 0 Å². The molecule has 0 aliphatic heterocycles. The molecule has 0 aliphatic carbocycles. The third kappa shape index (κ3) is 5.18. The third-order valence-corrected chi connectivity index (χ3v) is 0.831. The molecule has 0 fully saturated rings. The summed E-state index contributed by atoms with van der Waals surface area (Å²) < 4.78 is 6.03. The molecule has 0 aliphatic rings. The van der Waals surface area contributed by atoms with Crippen molar-refractivity contribution in [3.8, 4) is 0 Å². The number of hydrogen-bond donors (Lipinski definition) is 0. The van der Waals surface area contributed by atoms with E-state index in [1.807, 2.05) is 0 Å². The first-order chi connectivity index (χ1) is 3.41. The van der Waals surface area contributed by atoms with Crippen molar-refractivity contribution >= 4 is 16.2 Å². The molecule has 0 saturated heterocycles. The second-order valence-corrected chi connectivity index (χ2v) is 1.57. The maximum absolute atomic E-state index is 7.59. The Morgan fingerprint density at radius 1 is 1.14 bits per heavy atom. The van der Waals surface area contributed by atoms with Crippen LogP contribution in [0.3, 0.4) is 0 Å². The van der Waals surface area contributed by atoms with Gasteiger partial charge in [-0.25, -0.2) is 0 Å². The molecule has 0 aromatic carbocycles. The van der Waals surface area contributed by atoms with Crippen LogP contribution in [0.4, 0.5) is 0 Å². The Kier molecular flexibility index (Phi) is 4.57. The van der Waals surface area contributed by atoms with Gasteiger partial charge in [-0.3, -0.25) is 0 Å². The van der Waals surface area contributed by atoms with E-state index < -0.39 is 16.2 Å². The summed E-state index contributed by atoms with van der Waals surface area (Å²) in [6.07, 6.45) is 0. The molecule has 0 bridgehead atoms. The van der Waals surface area contributed by atoms with Crippen LogP contribution in [0, 0.1) is 0 Å². The van der Waals surface area contributed by atoms with E-state index in [-0.39, 0.29) is 0 Å². The molecule has 0 heterocycles. The van der Waals surface area contributed by atoms with Crippen LogP contribution in [0.1, 0.15) is 0 Å². The first-order valence-electron chi connectivity index (χ1n) is 1.20. The first kappa shape index (κ1) is 6.18. The molecule has 0 spiro atoms. The Bertz CT molecular complexity index is 107. The van der Waals surface area contributed by atoms with E-state index >= 15 is 0 Å². The molecule has 0 amide bonds. The van der Waals surface area contributed by atoms with Crippen LogP contribution in [-0.2, 0) is 0 Å². The maximum atomic E-state index is 7.59. The SMILES string of the molecule is [N-]=[N+]=N[As]N=[N+]=[N-]. The van der Waals surface area contributed by atoms with Gasteiger partial charge in [-0.1, -0.05) is 0 Å². The second-order valence-electron chi connectivity index (χ2n) is 0.447. The molecule has 6 nitrogen and oxygen atoms in total. The topological polar surface area (TPSA) is 97.5 Å². The zero-order chi connectivity index (χ0) is 5.54. The molecule has 35 valence electrons. The molecule has 7 heteroatoms. The second kappa shape index (κ2) is 5.18. The zero-order valence-electron chi connectivity index (χ0n) is 3.13. The summed E-state index contributed by atoms with van der Waals surface area (Å²) in [6, 6.07) is 0. The number of hydrogen-bond acceptors (Lipinski definition) is 2. The number of nitrogens with zero attached hydrogens (tertiary/aromatic N) is 6. The molecule has 0 N–H and O–H groups in total. The minimum absolute atomic E-state index is 0.839. The zero-order valence-corrected chi connectivity index (χ0v) is 5.01. The minimum atomic E-state index is -0.839. The van der Waals surface area contributed by atoms with Gasteiger partial charge in [0.1, 0.15) is 0 Å². The van der Waals surface area contributed by atoms with Gasteiger partial charge in [0.15, 0.2) is 0 Å². The molecule has 0 aromatic heterocycles. The van der Waals surface area contributed by atoms with E-state index in [4.69, 9.17) is 11.1 Å². The van der Waals surface area contributed by atoms with Gasteiger partial charge < -0.3 is 0 Å². The first-order valence-corrected chi connectivity index (χ1v) is 2.88. The Morgan fingerprint density at radius 2 is 1.57 bits per heavy atom. The van der Waals surface area contributed by atoms with Crippen molar-refractivity contribution < 1.29 is 0 Å². The normalized spacial score (nSPS) is 7.43. The molecule has 0 unspecified atom stereocenters. The van der Waals surface area contributed by atoms with Gasteiger partial charge in [0.05, 0.1) is 0 Å². The van der Waals surface area contributed by atoms with E-state index in [1.165, 1.54) is 0 Å². The van der Waals surface area contributed by atoms with E-state index in [0.717, 1.165) is 0 Å². The third-order valence-electron chi connectivity index (χ3n) is 0.160. The fraction of sp³-hybridized carbons (Fsp3) is 0. The van der Waals surface area contributed by atoms with Crippen LogP contribution in [0.15, 0.2) is 8.06 Å². The summed E-state index contributed by atoms with van der Waals surface area (Å²) in [6.45, 7) is 0. The van der Waals surface area contributed by atoms with Crippen LogP contribution in [0.2, 0.25) is 0 Å². The van der Waals surface area contributed by atoms with Crippen molar-refractivity contribution in [1.82, 2.24) is 0 Å². The molecular formula is AsN6. The van der Waals surface area contributed by atoms with Crippen LogP contribution in [0.25, 0.3) is 20.9 Å². The molecule has 0 rings (SSSR count). The Morgan fingerprint density at radius 3 is 1.86 bits per heavy atom. The average molecular weight is 159 g/mol. The van der Waals surface area contributed by atoms with Gasteiger partial charge in [0.2, 0.25) is 0 Å². The molecular weight excluding hydrogens is 159 g/mol. The standard InChI is InChI=1S/AsN6/c2-6-4-1-5-7-3. The summed E-state index contributed by atoms with van der Waals surface area (Å²) in [7, 11) is 0.